The first-order chi connectivity index (χ1) is 7.09. The summed E-state index contributed by atoms with van der Waals surface area (Å²) in [6.45, 7) is 2.00. The number of halogens is 1. The van der Waals surface area contributed by atoms with Crippen molar-refractivity contribution in [1.29, 1.82) is 0 Å². The van der Waals surface area contributed by atoms with Crippen molar-refractivity contribution < 1.29 is 0 Å². The molecule has 0 amide bonds. The van der Waals surface area contributed by atoms with Crippen molar-refractivity contribution in [1.82, 2.24) is 14.9 Å². The summed E-state index contributed by atoms with van der Waals surface area (Å²) >= 11 is 8.37. The van der Waals surface area contributed by atoms with Crippen LogP contribution >= 0.6 is 28.1 Å². The van der Waals surface area contributed by atoms with Crippen LogP contribution in [0.15, 0.2) is 22.7 Å². The molecule has 1 heterocycles. The van der Waals surface area contributed by atoms with Crippen LogP contribution in [0.25, 0.3) is 11.4 Å². The van der Waals surface area contributed by atoms with Crippen LogP contribution in [0.3, 0.4) is 0 Å². The van der Waals surface area contributed by atoms with Gasteiger partial charge in [-0.1, -0.05) is 22.0 Å². The van der Waals surface area contributed by atoms with Crippen molar-refractivity contribution in [3.8, 4) is 11.4 Å². The van der Waals surface area contributed by atoms with Gasteiger partial charge in [0, 0.05) is 10.0 Å². The number of aromatic nitrogens is 3. The molecule has 2 aromatic rings. The molecule has 6 heteroatoms. The summed E-state index contributed by atoms with van der Waals surface area (Å²) in [4.78, 5) is 0. The molecule has 0 spiro atoms. The molecule has 0 radical (unpaired) electrons. The third-order valence-corrected chi connectivity index (χ3v) is 2.93. The Labute approximate surface area is 100 Å². The zero-order valence-electron chi connectivity index (χ0n) is 7.99. The van der Waals surface area contributed by atoms with Gasteiger partial charge in [-0.15, -0.1) is 0 Å². The number of rotatable bonds is 1. The lowest BCUT2D eigenvalue weighted by atomic mass is 10.1. The maximum absolute atomic E-state index is 5.76. The highest BCUT2D eigenvalue weighted by Gasteiger charge is 2.09. The topological polar surface area (TPSA) is 59.6 Å². The maximum atomic E-state index is 5.76. The highest BCUT2D eigenvalue weighted by Crippen LogP contribution is 2.24. The molecule has 78 valence electrons. The van der Waals surface area contributed by atoms with Crippen molar-refractivity contribution in [2.75, 3.05) is 5.84 Å². The van der Waals surface area contributed by atoms with Gasteiger partial charge in [-0.2, -0.15) is 5.10 Å². The van der Waals surface area contributed by atoms with Gasteiger partial charge in [0.15, 0.2) is 5.82 Å². The molecule has 0 aliphatic heterocycles. The fourth-order valence-corrected chi connectivity index (χ4v) is 1.82. The number of hydrogen-bond acceptors (Lipinski definition) is 3. The Morgan fingerprint density at radius 3 is 2.87 bits per heavy atom. The maximum Gasteiger partial charge on any atom is 0.214 e. The standard InChI is InChI=1S/C9H9BrN4S/c1-5-2-3-6(10)4-7(5)8-12-13-9(15)14(8)11/h2-4H,11H2,1H3,(H,13,15). The molecule has 0 aliphatic carbocycles. The van der Waals surface area contributed by atoms with E-state index in [9.17, 15) is 0 Å². The zero-order chi connectivity index (χ0) is 11.0. The summed E-state index contributed by atoms with van der Waals surface area (Å²) in [5.41, 5.74) is 2.05. The Morgan fingerprint density at radius 2 is 2.27 bits per heavy atom. The molecule has 1 aromatic carbocycles. The summed E-state index contributed by atoms with van der Waals surface area (Å²) in [5.74, 6) is 6.39. The summed E-state index contributed by atoms with van der Waals surface area (Å²) in [5, 5.41) is 6.75. The Hall–Kier alpha value is -1.14. The normalized spacial score (nSPS) is 10.5. The number of aromatic amines is 1. The Balaban J connectivity index is 2.68. The first-order valence-electron chi connectivity index (χ1n) is 4.28. The number of nitrogens with two attached hydrogens (primary N) is 1. The molecule has 15 heavy (non-hydrogen) atoms. The van der Waals surface area contributed by atoms with Crippen LogP contribution in [0.5, 0.6) is 0 Å². The molecule has 0 unspecified atom stereocenters. The number of hydrogen-bond donors (Lipinski definition) is 2. The largest absolute Gasteiger partial charge is 0.335 e. The molecule has 0 aliphatic rings. The van der Waals surface area contributed by atoms with Gasteiger partial charge in [0.2, 0.25) is 4.77 Å². The van der Waals surface area contributed by atoms with Crippen LogP contribution in [0.4, 0.5) is 0 Å². The fourth-order valence-electron chi connectivity index (χ4n) is 1.33. The minimum absolute atomic E-state index is 0.407. The number of H-pyrrole nitrogens is 1. The molecule has 0 saturated heterocycles. The molecule has 0 saturated carbocycles. The van der Waals surface area contributed by atoms with Crippen LogP contribution < -0.4 is 5.84 Å². The SMILES string of the molecule is Cc1ccc(Br)cc1-c1n[nH]c(=S)n1N. The van der Waals surface area contributed by atoms with Gasteiger partial charge in [-0.3, -0.25) is 0 Å². The molecule has 0 atom stereocenters. The molecule has 2 rings (SSSR count). The van der Waals surface area contributed by atoms with Crippen molar-refractivity contribution >= 4 is 28.1 Å². The monoisotopic (exact) mass is 284 g/mol. The van der Waals surface area contributed by atoms with E-state index in [0.29, 0.717) is 10.6 Å². The molecule has 4 nitrogen and oxygen atoms in total. The number of aryl methyl sites for hydroxylation is 1. The summed E-state index contributed by atoms with van der Waals surface area (Å²) in [6, 6.07) is 5.93. The van der Waals surface area contributed by atoms with Crippen LogP contribution in [-0.4, -0.2) is 14.9 Å². The van der Waals surface area contributed by atoms with Gasteiger partial charge >= 0.3 is 0 Å². The molecule has 0 bridgehead atoms. The van der Waals surface area contributed by atoms with Gasteiger partial charge in [0.1, 0.15) is 0 Å². The number of nitrogens with one attached hydrogen (secondary N) is 1. The van der Waals surface area contributed by atoms with E-state index in [4.69, 9.17) is 18.1 Å². The lowest BCUT2D eigenvalue weighted by Crippen LogP contribution is -2.10. The van der Waals surface area contributed by atoms with Crippen LogP contribution in [0.1, 0.15) is 5.56 Å². The second-order valence-corrected chi connectivity index (χ2v) is 4.48. The summed E-state index contributed by atoms with van der Waals surface area (Å²) < 4.78 is 2.76. The van der Waals surface area contributed by atoms with Crippen LogP contribution in [0, 0.1) is 11.7 Å². The Bertz CT molecular complexity index is 557. The van der Waals surface area contributed by atoms with E-state index >= 15 is 0 Å². The molecule has 3 N–H and O–H groups in total. The van der Waals surface area contributed by atoms with E-state index < -0.39 is 0 Å². The first-order valence-corrected chi connectivity index (χ1v) is 5.49. The number of nitrogen functional groups attached to an aromatic ring is 1. The molecule has 0 fully saturated rings. The second kappa shape index (κ2) is 3.79. The first kappa shape index (κ1) is 10.4. The minimum atomic E-state index is 0.407. The highest BCUT2D eigenvalue weighted by molar-refractivity contribution is 9.10. The predicted molar refractivity (Wildman–Crippen MR) is 65.4 cm³/mol. The second-order valence-electron chi connectivity index (χ2n) is 3.18. The quantitative estimate of drug-likeness (QED) is 0.624. The Kier molecular flexibility index (Phi) is 2.62. The predicted octanol–water partition coefficient (Wildman–Crippen LogP) is 2.39. The average molecular weight is 285 g/mol. The van der Waals surface area contributed by atoms with E-state index in [0.717, 1.165) is 15.6 Å². The number of nitrogens with zero attached hydrogens (tertiary/aromatic N) is 2. The summed E-state index contributed by atoms with van der Waals surface area (Å²) in [6.07, 6.45) is 0. The van der Waals surface area contributed by atoms with E-state index in [1.165, 1.54) is 4.68 Å². The van der Waals surface area contributed by atoms with E-state index in [2.05, 4.69) is 26.1 Å². The fraction of sp³-hybridized carbons (Fsp3) is 0.111. The van der Waals surface area contributed by atoms with Gasteiger partial charge in [0.05, 0.1) is 0 Å². The van der Waals surface area contributed by atoms with Gasteiger partial charge in [-0.05, 0) is 36.8 Å². The average Bonchev–Trinajstić information content (AvgIpc) is 2.52. The van der Waals surface area contributed by atoms with Gasteiger partial charge in [-0.25, -0.2) is 9.77 Å². The van der Waals surface area contributed by atoms with Crippen molar-refractivity contribution in [2.24, 2.45) is 0 Å². The molecular weight excluding hydrogens is 276 g/mol. The summed E-state index contributed by atoms with van der Waals surface area (Å²) in [7, 11) is 0. The van der Waals surface area contributed by atoms with E-state index in [-0.39, 0.29) is 0 Å². The van der Waals surface area contributed by atoms with Gasteiger partial charge in [0.25, 0.3) is 0 Å². The smallest absolute Gasteiger partial charge is 0.214 e. The Morgan fingerprint density at radius 1 is 1.53 bits per heavy atom. The zero-order valence-corrected chi connectivity index (χ0v) is 10.4. The van der Waals surface area contributed by atoms with Crippen molar-refractivity contribution in [2.45, 2.75) is 6.92 Å². The lowest BCUT2D eigenvalue weighted by Gasteiger charge is -2.04. The highest BCUT2D eigenvalue weighted by atomic mass is 79.9. The molecular formula is C9H9BrN4S. The van der Waals surface area contributed by atoms with Crippen molar-refractivity contribution in [3.05, 3.63) is 33.0 Å². The van der Waals surface area contributed by atoms with Gasteiger partial charge < -0.3 is 5.84 Å². The minimum Gasteiger partial charge on any atom is -0.335 e. The van der Waals surface area contributed by atoms with E-state index in [1.54, 1.807) is 0 Å². The third kappa shape index (κ3) is 1.82. The van der Waals surface area contributed by atoms with Crippen LogP contribution in [0.2, 0.25) is 0 Å². The lowest BCUT2D eigenvalue weighted by molar-refractivity contribution is 0.982. The number of benzene rings is 1. The third-order valence-electron chi connectivity index (χ3n) is 2.14. The molecule has 1 aromatic heterocycles. The van der Waals surface area contributed by atoms with E-state index in [1.807, 2.05) is 25.1 Å². The van der Waals surface area contributed by atoms with Crippen molar-refractivity contribution in [3.63, 3.8) is 0 Å². The van der Waals surface area contributed by atoms with Crippen LogP contribution in [-0.2, 0) is 0 Å².